The number of ether oxygens (including phenoxy) is 2. The molecule has 0 amide bonds. The summed E-state index contributed by atoms with van der Waals surface area (Å²) in [6, 6.07) is 0.666. The van der Waals surface area contributed by atoms with Crippen molar-refractivity contribution in [2.45, 2.75) is 47.6 Å². The molecule has 2 atom stereocenters. The molecule has 2 aliphatic heterocycles. The van der Waals surface area contributed by atoms with Crippen LogP contribution >= 0.6 is 0 Å². The fourth-order valence-corrected chi connectivity index (χ4v) is 2.66. The lowest BCUT2D eigenvalue weighted by molar-refractivity contribution is 0.124. The molecule has 0 N–H and O–H groups in total. The van der Waals surface area contributed by atoms with Crippen molar-refractivity contribution in [3.05, 3.63) is 0 Å². The van der Waals surface area contributed by atoms with Crippen LogP contribution in [0.25, 0.3) is 0 Å². The summed E-state index contributed by atoms with van der Waals surface area (Å²) in [6.07, 6.45) is 0. The van der Waals surface area contributed by atoms with Gasteiger partial charge in [-0.25, -0.2) is 0 Å². The largest absolute Gasteiger partial charge is 0.380 e. The van der Waals surface area contributed by atoms with Crippen molar-refractivity contribution in [3.8, 4) is 0 Å². The van der Waals surface area contributed by atoms with Crippen LogP contribution in [0.3, 0.4) is 0 Å². The van der Waals surface area contributed by atoms with Crippen LogP contribution in [0.2, 0.25) is 0 Å². The van der Waals surface area contributed by atoms with Crippen LogP contribution in [0.1, 0.15) is 41.5 Å². The van der Waals surface area contributed by atoms with Crippen LogP contribution < -0.4 is 0 Å². The molecule has 2 aliphatic rings. The summed E-state index contributed by atoms with van der Waals surface area (Å²) in [4.78, 5) is 4.80. The highest BCUT2D eigenvalue weighted by Crippen LogP contribution is 2.08. The lowest BCUT2D eigenvalue weighted by Crippen LogP contribution is -2.35. The maximum atomic E-state index is 5.45. The minimum Gasteiger partial charge on any atom is -0.380 e. The maximum Gasteiger partial charge on any atom is 0.0593 e. The van der Waals surface area contributed by atoms with E-state index in [1.54, 1.807) is 0 Å². The highest BCUT2D eigenvalue weighted by atomic mass is 16.5. The Kier molecular flexibility index (Phi) is 13.2. The molecule has 0 aromatic heterocycles. The van der Waals surface area contributed by atoms with Gasteiger partial charge in [0.25, 0.3) is 0 Å². The highest BCUT2D eigenvalue weighted by molar-refractivity contribution is 4.68. The highest BCUT2D eigenvalue weighted by Gasteiger charge is 2.16. The number of nitrogens with zero attached hydrogens (tertiary/aromatic N) is 2. The van der Waals surface area contributed by atoms with E-state index in [-0.39, 0.29) is 0 Å². The Morgan fingerprint density at radius 1 is 0.864 bits per heavy atom. The molecule has 0 radical (unpaired) electrons. The van der Waals surface area contributed by atoms with Gasteiger partial charge in [0.15, 0.2) is 0 Å². The van der Waals surface area contributed by atoms with Gasteiger partial charge >= 0.3 is 0 Å². The Bertz CT molecular complexity index is 239. The first-order chi connectivity index (χ1) is 10.5. The van der Waals surface area contributed by atoms with Gasteiger partial charge in [-0.3, -0.25) is 4.90 Å². The Morgan fingerprint density at radius 3 is 1.91 bits per heavy atom. The predicted molar refractivity (Wildman–Crippen MR) is 95.5 cm³/mol. The van der Waals surface area contributed by atoms with Crippen molar-refractivity contribution < 1.29 is 9.47 Å². The van der Waals surface area contributed by atoms with E-state index in [0.717, 1.165) is 39.5 Å². The Morgan fingerprint density at radius 2 is 1.36 bits per heavy atom. The SMILES string of the molecule is CC.CC(C)N1CCOC[C@@H](C)C1.CC1COCCN(C)C1. The van der Waals surface area contributed by atoms with Crippen LogP contribution in [0.4, 0.5) is 0 Å². The molecule has 0 saturated carbocycles. The van der Waals surface area contributed by atoms with Crippen molar-refractivity contribution in [1.82, 2.24) is 9.80 Å². The van der Waals surface area contributed by atoms with Gasteiger partial charge < -0.3 is 14.4 Å². The Labute approximate surface area is 139 Å². The summed E-state index contributed by atoms with van der Waals surface area (Å²) in [5, 5.41) is 0. The summed E-state index contributed by atoms with van der Waals surface area (Å²) in [6.45, 7) is 21.2. The fraction of sp³-hybridized carbons (Fsp3) is 1.00. The second kappa shape index (κ2) is 13.3. The van der Waals surface area contributed by atoms with Crippen LogP contribution in [-0.2, 0) is 9.47 Å². The van der Waals surface area contributed by atoms with E-state index >= 15 is 0 Å². The summed E-state index contributed by atoms with van der Waals surface area (Å²) >= 11 is 0. The number of likely N-dealkylation sites (N-methyl/N-ethyl adjacent to an activating group) is 1. The molecular formula is C18H40N2O2. The maximum absolute atomic E-state index is 5.45. The third-order valence-electron chi connectivity index (χ3n) is 3.84. The molecule has 22 heavy (non-hydrogen) atoms. The number of rotatable bonds is 1. The Hall–Kier alpha value is -0.160. The summed E-state index contributed by atoms with van der Waals surface area (Å²) < 4.78 is 10.8. The second-order valence-corrected chi connectivity index (χ2v) is 6.71. The topological polar surface area (TPSA) is 24.9 Å². The lowest BCUT2D eigenvalue weighted by atomic mass is 10.1. The van der Waals surface area contributed by atoms with E-state index in [4.69, 9.17) is 9.47 Å². The standard InChI is InChI=1S/C9H19NO.C7H15NO.C2H6/c1-8(2)10-4-5-11-7-9(3)6-10;1-7-5-8(2)3-4-9-6-7;1-2/h8-9H,4-7H2,1-3H3;7H,3-6H2,1-2H3;1-2H3/t9-;;/m0../s1. The molecule has 0 aromatic rings. The minimum atomic E-state index is 0.666. The summed E-state index contributed by atoms with van der Waals surface area (Å²) in [5.74, 6) is 1.40. The van der Waals surface area contributed by atoms with Gasteiger partial charge in [-0.1, -0.05) is 27.7 Å². The van der Waals surface area contributed by atoms with Crippen molar-refractivity contribution in [2.75, 3.05) is 59.7 Å². The quantitative estimate of drug-likeness (QED) is 0.742. The van der Waals surface area contributed by atoms with Crippen molar-refractivity contribution >= 4 is 0 Å². The molecule has 0 bridgehead atoms. The van der Waals surface area contributed by atoms with E-state index in [9.17, 15) is 0 Å². The summed E-state index contributed by atoms with van der Waals surface area (Å²) in [5.41, 5.74) is 0. The lowest BCUT2D eigenvalue weighted by Gasteiger charge is -2.25. The van der Waals surface area contributed by atoms with Crippen molar-refractivity contribution in [3.63, 3.8) is 0 Å². The van der Waals surface area contributed by atoms with Gasteiger partial charge in [0.05, 0.1) is 26.4 Å². The van der Waals surface area contributed by atoms with Gasteiger partial charge in [-0.15, -0.1) is 0 Å². The smallest absolute Gasteiger partial charge is 0.0593 e. The van der Waals surface area contributed by atoms with Crippen molar-refractivity contribution in [2.24, 2.45) is 11.8 Å². The molecule has 0 aliphatic carbocycles. The average molecular weight is 317 g/mol. The number of hydrogen-bond donors (Lipinski definition) is 0. The van der Waals surface area contributed by atoms with Crippen LogP contribution in [0.15, 0.2) is 0 Å². The fourth-order valence-electron chi connectivity index (χ4n) is 2.66. The van der Waals surface area contributed by atoms with Crippen LogP contribution in [-0.4, -0.2) is 75.5 Å². The third kappa shape index (κ3) is 10.5. The monoisotopic (exact) mass is 316 g/mol. The van der Waals surface area contributed by atoms with Gasteiger partial charge in [0, 0.05) is 32.2 Å². The van der Waals surface area contributed by atoms with E-state index in [2.05, 4.69) is 44.5 Å². The normalized spacial score (nSPS) is 27.8. The summed E-state index contributed by atoms with van der Waals surface area (Å²) in [7, 11) is 2.14. The van der Waals surface area contributed by atoms with E-state index in [1.165, 1.54) is 13.1 Å². The first-order valence-corrected chi connectivity index (χ1v) is 9.07. The minimum absolute atomic E-state index is 0.666. The van der Waals surface area contributed by atoms with E-state index in [0.29, 0.717) is 17.9 Å². The molecule has 134 valence electrons. The molecular weight excluding hydrogens is 276 g/mol. The van der Waals surface area contributed by atoms with E-state index in [1.807, 2.05) is 13.8 Å². The molecule has 2 saturated heterocycles. The molecule has 0 aromatic carbocycles. The molecule has 2 fully saturated rings. The zero-order valence-corrected chi connectivity index (χ0v) is 16.1. The molecule has 4 heteroatoms. The zero-order chi connectivity index (χ0) is 17.0. The van der Waals surface area contributed by atoms with Crippen LogP contribution in [0, 0.1) is 11.8 Å². The van der Waals surface area contributed by atoms with Crippen molar-refractivity contribution in [1.29, 1.82) is 0 Å². The average Bonchev–Trinajstić information content (AvgIpc) is 2.81. The molecule has 1 unspecified atom stereocenters. The molecule has 2 rings (SSSR count). The van der Waals surface area contributed by atoms with Gasteiger partial charge in [-0.05, 0) is 32.7 Å². The molecule has 0 spiro atoms. The molecule has 2 heterocycles. The van der Waals surface area contributed by atoms with Crippen LogP contribution in [0.5, 0.6) is 0 Å². The first kappa shape index (κ1) is 21.8. The first-order valence-electron chi connectivity index (χ1n) is 9.07. The van der Waals surface area contributed by atoms with E-state index < -0.39 is 0 Å². The third-order valence-corrected chi connectivity index (χ3v) is 3.84. The Balaban J connectivity index is 0.000000366. The second-order valence-electron chi connectivity index (χ2n) is 6.71. The molecule has 4 nitrogen and oxygen atoms in total. The predicted octanol–water partition coefficient (Wildman–Crippen LogP) is 2.97. The zero-order valence-electron chi connectivity index (χ0n) is 16.1. The van der Waals surface area contributed by atoms with Gasteiger partial charge in [0.1, 0.15) is 0 Å². The van der Waals surface area contributed by atoms with Gasteiger partial charge in [0.2, 0.25) is 0 Å². The number of hydrogen-bond acceptors (Lipinski definition) is 4. The van der Waals surface area contributed by atoms with Gasteiger partial charge in [-0.2, -0.15) is 0 Å².